The van der Waals surface area contributed by atoms with Gasteiger partial charge >= 0.3 is 0 Å². The molecule has 2 amide bonds. The maximum absolute atomic E-state index is 12.3. The first-order chi connectivity index (χ1) is 9.55. The van der Waals surface area contributed by atoms with E-state index in [1.165, 1.54) is 0 Å². The van der Waals surface area contributed by atoms with E-state index in [-0.39, 0.29) is 11.3 Å². The van der Waals surface area contributed by atoms with Gasteiger partial charge < -0.3 is 4.90 Å². The number of fused-ring (bicyclic) bond motifs is 1. The number of nitrogens with one attached hydrogen (secondary N) is 1. The van der Waals surface area contributed by atoms with E-state index < -0.39 is 5.91 Å². The van der Waals surface area contributed by atoms with Gasteiger partial charge in [-0.25, -0.2) is 5.48 Å². The Morgan fingerprint density at radius 1 is 1.35 bits per heavy atom. The fourth-order valence-electron chi connectivity index (χ4n) is 3.45. The molecule has 0 saturated carbocycles. The van der Waals surface area contributed by atoms with E-state index in [4.69, 9.17) is 5.21 Å². The molecule has 1 aromatic rings. The summed E-state index contributed by atoms with van der Waals surface area (Å²) in [5.74, 6) is -0.245. The van der Waals surface area contributed by atoms with Crippen molar-refractivity contribution in [3.63, 3.8) is 0 Å². The third kappa shape index (κ3) is 1.89. The van der Waals surface area contributed by atoms with E-state index in [1.54, 1.807) is 11.5 Å². The molecule has 2 N–H and O–H groups in total. The van der Waals surface area contributed by atoms with Crippen molar-refractivity contribution in [2.24, 2.45) is 5.41 Å². The summed E-state index contributed by atoms with van der Waals surface area (Å²) in [5.41, 5.74) is 4.13. The zero-order valence-corrected chi connectivity index (χ0v) is 11.5. The highest BCUT2D eigenvalue weighted by molar-refractivity contribution is 5.93. The fourth-order valence-corrected chi connectivity index (χ4v) is 3.45. The Kier molecular flexibility index (Phi) is 3.01. The molecule has 0 unspecified atom stereocenters. The van der Waals surface area contributed by atoms with Crippen LogP contribution in [0.3, 0.4) is 0 Å². The highest BCUT2D eigenvalue weighted by Crippen LogP contribution is 2.43. The van der Waals surface area contributed by atoms with Crippen LogP contribution < -0.4 is 5.48 Å². The van der Waals surface area contributed by atoms with Gasteiger partial charge in [0.1, 0.15) is 0 Å². The normalized spacial score (nSPS) is 24.9. The Balaban J connectivity index is 1.90. The quantitative estimate of drug-likeness (QED) is 0.596. The number of nitrogens with zero attached hydrogens (tertiary/aromatic N) is 1. The highest BCUT2D eigenvalue weighted by Gasteiger charge is 2.46. The lowest BCUT2D eigenvalue weighted by atomic mass is 9.70. The van der Waals surface area contributed by atoms with Crippen LogP contribution in [0.4, 0.5) is 0 Å². The molecule has 1 spiro atoms. The Morgan fingerprint density at radius 3 is 2.80 bits per heavy atom. The molecule has 1 heterocycles. The lowest BCUT2D eigenvalue weighted by Gasteiger charge is -2.33. The van der Waals surface area contributed by atoms with Crippen molar-refractivity contribution < 1.29 is 14.8 Å². The number of carbonyl (C=O) groups excluding carboxylic acids is 2. The predicted molar refractivity (Wildman–Crippen MR) is 72.4 cm³/mol. The van der Waals surface area contributed by atoms with E-state index in [0.29, 0.717) is 5.56 Å². The average molecular weight is 274 g/mol. The second-order valence-corrected chi connectivity index (χ2v) is 5.86. The van der Waals surface area contributed by atoms with Crippen molar-refractivity contribution in [3.05, 3.63) is 34.9 Å². The van der Waals surface area contributed by atoms with Crippen LogP contribution in [-0.2, 0) is 17.6 Å². The first-order valence-electron chi connectivity index (χ1n) is 6.87. The van der Waals surface area contributed by atoms with E-state index in [2.05, 4.69) is 0 Å². The fraction of sp³-hybridized carbons (Fsp3) is 0.467. The molecule has 2 aliphatic rings. The number of amides is 2. The minimum atomic E-state index is -0.496. The van der Waals surface area contributed by atoms with E-state index in [1.807, 2.05) is 24.1 Å². The van der Waals surface area contributed by atoms with Gasteiger partial charge in [0.05, 0.1) is 5.41 Å². The van der Waals surface area contributed by atoms with Gasteiger partial charge in [0.15, 0.2) is 0 Å². The molecule has 1 fully saturated rings. The van der Waals surface area contributed by atoms with Crippen LogP contribution in [0.15, 0.2) is 18.2 Å². The van der Waals surface area contributed by atoms with Gasteiger partial charge in [-0.15, -0.1) is 0 Å². The van der Waals surface area contributed by atoms with Crippen LogP contribution in [0, 0.1) is 5.41 Å². The maximum atomic E-state index is 12.3. The van der Waals surface area contributed by atoms with Crippen LogP contribution in [0.1, 0.15) is 34.3 Å². The van der Waals surface area contributed by atoms with Gasteiger partial charge in [0, 0.05) is 19.2 Å². The number of hydroxylamine groups is 1. The smallest absolute Gasteiger partial charge is 0.274 e. The monoisotopic (exact) mass is 274 g/mol. The Hall–Kier alpha value is -1.88. The Labute approximate surface area is 117 Å². The minimum absolute atomic E-state index is 0.234. The third-order valence-corrected chi connectivity index (χ3v) is 4.70. The Morgan fingerprint density at radius 2 is 2.15 bits per heavy atom. The van der Waals surface area contributed by atoms with E-state index in [9.17, 15) is 9.59 Å². The number of hydrogen-bond donors (Lipinski definition) is 2. The topological polar surface area (TPSA) is 69.6 Å². The number of carbonyl (C=O) groups is 2. The van der Waals surface area contributed by atoms with Gasteiger partial charge in [-0.2, -0.15) is 0 Å². The summed E-state index contributed by atoms with van der Waals surface area (Å²) in [6, 6.07) is 5.43. The molecule has 1 aliphatic carbocycles. The van der Waals surface area contributed by atoms with Gasteiger partial charge in [-0.05, 0) is 48.9 Å². The largest absolute Gasteiger partial charge is 0.345 e. The zero-order valence-electron chi connectivity index (χ0n) is 11.5. The molecule has 0 aromatic heterocycles. The average Bonchev–Trinajstić information content (AvgIpc) is 2.75. The predicted octanol–water partition coefficient (Wildman–Crippen LogP) is 1.14. The van der Waals surface area contributed by atoms with Crippen molar-refractivity contribution in [3.8, 4) is 0 Å². The number of rotatable bonds is 1. The molecular formula is C15H18N2O3. The summed E-state index contributed by atoms with van der Waals surface area (Å²) in [5, 5.41) is 8.67. The molecule has 1 saturated heterocycles. The molecule has 0 bridgehead atoms. The van der Waals surface area contributed by atoms with Crippen LogP contribution in [-0.4, -0.2) is 35.5 Å². The molecule has 1 aliphatic heterocycles. The molecule has 5 nitrogen and oxygen atoms in total. The second kappa shape index (κ2) is 4.59. The first-order valence-corrected chi connectivity index (χ1v) is 6.87. The molecule has 1 aromatic carbocycles. The summed E-state index contributed by atoms with van der Waals surface area (Å²) in [4.78, 5) is 25.6. The summed E-state index contributed by atoms with van der Waals surface area (Å²) in [6.45, 7) is 0.833. The number of hydrogen-bond acceptors (Lipinski definition) is 3. The van der Waals surface area contributed by atoms with E-state index >= 15 is 0 Å². The second-order valence-electron chi connectivity index (χ2n) is 5.86. The molecular weight excluding hydrogens is 256 g/mol. The van der Waals surface area contributed by atoms with Crippen molar-refractivity contribution in [2.75, 3.05) is 13.6 Å². The summed E-state index contributed by atoms with van der Waals surface area (Å²) in [7, 11) is 1.86. The molecule has 0 radical (unpaired) electrons. The van der Waals surface area contributed by atoms with Gasteiger partial charge in [-0.3, -0.25) is 14.8 Å². The van der Waals surface area contributed by atoms with Crippen molar-refractivity contribution >= 4 is 11.8 Å². The molecule has 3 rings (SSSR count). The van der Waals surface area contributed by atoms with E-state index in [0.717, 1.165) is 43.4 Å². The highest BCUT2D eigenvalue weighted by atomic mass is 16.5. The maximum Gasteiger partial charge on any atom is 0.274 e. The first kappa shape index (κ1) is 13.1. The van der Waals surface area contributed by atoms with Crippen molar-refractivity contribution in [2.45, 2.75) is 25.7 Å². The van der Waals surface area contributed by atoms with Gasteiger partial charge in [0.25, 0.3) is 5.91 Å². The lowest BCUT2D eigenvalue weighted by molar-refractivity contribution is -0.135. The van der Waals surface area contributed by atoms with Gasteiger partial charge in [-0.1, -0.05) is 6.07 Å². The van der Waals surface area contributed by atoms with Crippen LogP contribution in [0.5, 0.6) is 0 Å². The standard InChI is InChI=1S/C15H18N2O3/c1-17-7-6-15(14(17)19)5-4-10-8-11(13(18)16-20)2-3-12(10)9-15/h2-3,8,20H,4-7,9H2,1H3,(H,16,18)/t15-/m0/s1. The molecule has 1 atom stereocenters. The minimum Gasteiger partial charge on any atom is -0.345 e. The lowest BCUT2D eigenvalue weighted by Crippen LogP contribution is -2.37. The molecule has 106 valence electrons. The van der Waals surface area contributed by atoms with Crippen molar-refractivity contribution in [1.29, 1.82) is 0 Å². The number of benzene rings is 1. The van der Waals surface area contributed by atoms with Crippen molar-refractivity contribution in [1.82, 2.24) is 10.4 Å². The third-order valence-electron chi connectivity index (χ3n) is 4.70. The zero-order chi connectivity index (χ0) is 14.3. The molecule has 5 heteroatoms. The number of likely N-dealkylation sites (tertiary alicyclic amines) is 1. The summed E-state index contributed by atoms with van der Waals surface area (Å²) in [6.07, 6.45) is 3.32. The van der Waals surface area contributed by atoms with Crippen LogP contribution in [0.25, 0.3) is 0 Å². The number of aryl methyl sites for hydroxylation is 1. The summed E-state index contributed by atoms with van der Waals surface area (Å²) >= 11 is 0. The van der Waals surface area contributed by atoms with Crippen LogP contribution in [0.2, 0.25) is 0 Å². The van der Waals surface area contributed by atoms with Crippen LogP contribution >= 0.6 is 0 Å². The van der Waals surface area contributed by atoms with Gasteiger partial charge in [0.2, 0.25) is 5.91 Å². The Bertz CT molecular complexity index is 584. The summed E-state index contributed by atoms with van der Waals surface area (Å²) < 4.78 is 0. The SMILES string of the molecule is CN1CC[C@]2(CCc3cc(C(=O)NO)ccc3C2)C1=O. The molecule has 20 heavy (non-hydrogen) atoms.